The molecule has 0 radical (unpaired) electrons. The second-order valence-electron chi connectivity index (χ2n) is 8.68. The predicted octanol–water partition coefficient (Wildman–Crippen LogP) is 6.96. The zero-order valence-electron chi connectivity index (χ0n) is 20.5. The number of amides is 1. The molecule has 0 aliphatic carbocycles. The van der Waals surface area contributed by atoms with E-state index < -0.39 is 10.8 Å². The first-order valence-electron chi connectivity index (χ1n) is 11.5. The zero-order valence-corrected chi connectivity index (χ0v) is 21.2. The number of nitrogens with one attached hydrogen (secondary N) is 1. The largest absolute Gasteiger partial charge is 0.471 e. The number of non-ortho nitro benzene ring substituents is 1. The minimum Gasteiger partial charge on any atom is -0.471 e. The maximum absolute atomic E-state index is 12.8. The smallest absolute Gasteiger partial charge is 0.276 e. The van der Waals surface area contributed by atoms with Gasteiger partial charge in [-0.25, -0.2) is 4.68 Å². The van der Waals surface area contributed by atoms with Crippen molar-refractivity contribution in [2.75, 3.05) is 5.32 Å². The van der Waals surface area contributed by atoms with E-state index in [2.05, 4.69) is 24.3 Å². The highest BCUT2D eigenvalue weighted by atomic mass is 35.5. The lowest BCUT2D eigenvalue weighted by Crippen LogP contribution is -2.14. The monoisotopic (exact) mass is 520 g/mol. The van der Waals surface area contributed by atoms with Gasteiger partial charge >= 0.3 is 0 Å². The summed E-state index contributed by atoms with van der Waals surface area (Å²) >= 11 is 5.99. The number of halogens is 1. The topological polar surface area (TPSA) is 109 Å². The van der Waals surface area contributed by atoms with E-state index in [1.165, 1.54) is 34.5 Å². The molecule has 190 valence electrons. The van der Waals surface area contributed by atoms with E-state index in [1.807, 2.05) is 31.2 Å². The summed E-state index contributed by atoms with van der Waals surface area (Å²) in [5.74, 6) is 1.26. The van der Waals surface area contributed by atoms with Crippen LogP contribution in [0, 0.1) is 17.0 Å². The molecule has 9 nitrogen and oxygen atoms in total. The average Bonchev–Trinajstić information content (AvgIpc) is 3.34. The summed E-state index contributed by atoms with van der Waals surface area (Å²) in [7, 11) is 0. The molecule has 1 heterocycles. The molecule has 37 heavy (non-hydrogen) atoms. The Bertz CT molecular complexity index is 1430. The normalized spacial score (nSPS) is 10.8. The molecule has 10 heteroatoms. The Labute approximate surface area is 218 Å². The Kier molecular flexibility index (Phi) is 7.74. The van der Waals surface area contributed by atoms with Crippen LogP contribution in [-0.4, -0.2) is 20.6 Å². The number of carbonyl (C=O) groups excluding carboxylic acids is 1. The number of benzene rings is 3. The number of nitro groups is 1. The number of nitro benzene ring substituents is 1. The number of nitrogens with zero attached hydrogens (tertiary/aromatic N) is 3. The van der Waals surface area contributed by atoms with Gasteiger partial charge in [0.1, 0.15) is 17.2 Å². The second-order valence-corrected chi connectivity index (χ2v) is 9.11. The zero-order chi connectivity index (χ0) is 26.5. The van der Waals surface area contributed by atoms with Crippen LogP contribution in [0.4, 0.5) is 11.4 Å². The van der Waals surface area contributed by atoms with Gasteiger partial charge in [0.2, 0.25) is 0 Å². The highest BCUT2D eigenvalue weighted by Gasteiger charge is 2.16. The van der Waals surface area contributed by atoms with Crippen molar-refractivity contribution in [2.24, 2.45) is 0 Å². The van der Waals surface area contributed by atoms with Crippen molar-refractivity contribution in [3.63, 3.8) is 0 Å². The number of rotatable bonds is 9. The standard InChI is InChI=1S/C27H25ClN4O5/c1-17(2)19-4-7-23(8-5-19)36-16-31-11-10-25(30-31)27(33)29-21-13-22(32(34)35)15-24(14-21)37-26-9-6-20(28)12-18(26)3/h4-15,17H,16H2,1-3H3,(H,29,33). The van der Waals surface area contributed by atoms with Crippen LogP contribution in [0.25, 0.3) is 0 Å². The van der Waals surface area contributed by atoms with Crippen molar-refractivity contribution in [2.45, 2.75) is 33.4 Å². The van der Waals surface area contributed by atoms with Gasteiger partial charge in [0.25, 0.3) is 11.6 Å². The minimum absolute atomic E-state index is 0.115. The summed E-state index contributed by atoms with van der Waals surface area (Å²) in [6.45, 7) is 6.16. The maximum atomic E-state index is 12.8. The summed E-state index contributed by atoms with van der Waals surface area (Å²) in [6.07, 6.45) is 1.61. The van der Waals surface area contributed by atoms with Crippen molar-refractivity contribution in [3.05, 3.63) is 105 Å². The minimum atomic E-state index is -0.559. The highest BCUT2D eigenvalue weighted by molar-refractivity contribution is 6.30. The van der Waals surface area contributed by atoms with Crippen molar-refractivity contribution >= 4 is 28.9 Å². The van der Waals surface area contributed by atoms with Gasteiger partial charge in [0.05, 0.1) is 16.7 Å². The predicted molar refractivity (Wildman–Crippen MR) is 141 cm³/mol. The molecule has 0 aliphatic rings. The molecule has 4 rings (SSSR count). The van der Waals surface area contributed by atoms with E-state index in [0.717, 1.165) is 5.56 Å². The first-order chi connectivity index (χ1) is 17.7. The molecule has 4 aromatic rings. The first kappa shape index (κ1) is 25.7. The SMILES string of the molecule is Cc1cc(Cl)ccc1Oc1cc(NC(=O)c2ccn(COc3ccc(C(C)C)cc3)n2)cc([N+](=O)[O-])c1. The Morgan fingerprint density at radius 1 is 1.08 bits per heavy atom. The first-order valence-corrected chi connectivity index (χ1v) is 11.9. The summed E-state index contributed by atoms with van der Waals surface area (Å²) in [5.41, 5.74) is 2.05. The fourth-order valence-corrected chi connectivity index (χ4v) is 3.74. The van der Waals surface area contributed by atoms with Crippen molar-refractivity contribution < 1.29 is 19.2 Å². The quantitative estimate of drug-likeness (QED) is 0.189. The Morgan fingerprint density at radius 3 is 2.51 bits per heavy atom. The van der Waals surface area contributed by atoms with Crippen LogP contribution in [0.2, 0.25) is 5.02 Å². The van der Waals surface area contributed by atoms with Gasteiger partial charge in [0.15, 0.2) is 12.4 Å². The van der Waals surface area contributed by atoms with Crippen LogP contribution in [0.1, 0.15) is 41.4 Å². The average molecular weight is 521 g/mol. The van der Waals surface area contributed by atoms with Gasteiger partial charge in [-0.3, -0.25) is 14.9 Å². The summed E-state index contributed by atoms with van der Waals surface area (Å²) < 4.78 is 13.1. The van der Waals surface area contributed by atoms with Crippen LogP contribution < -0.4 is 14.8 Å². The van der Waals surface area contributed by atoms with Gasteiger partial charge < -0.3 is 14.8 Å². The number of carbonyl (C=O) groups is 1. The lowest BCUT2D eigenvalue weighted by atomic mass is 10.0. The summed E-state index contributed by atoms with van der Waals surface area (Å²) in [5, 5.41) is 18.9. The van der Waals surface area contributed by atoms with Gasteiger partial charge in [-0.2, -0.15) is 5.10 Å². The number of ether oxygens (including phenoxy) is 2. The molecule has 1 N–H and O–H groups in total. The number of hydrogen-bond acceptors (Lipinski definition) is 6. The molecule has 3 aromatic carbocycles. The Morgan fingerprint density at radius 2 is 1.84 bits per heavy atom. The molecule has 0 bridgehead atoms. The van der Waals surface area contributed by atoms with Crippen LogP contribution in [0.15, 0.2) is 72.9 Å². The van der Waals surface area contributed by atoms with E-state index in [-0.39, 0.29) is 29.5 Å². The third kappa shape index (κ3) is 6.65. The van der Waals surface area contributed by atoms with Gasteiger partial charge in [-0.05, 0) is 60.4 Å². The van der Waals surface area contributed by atoms with Crippen molar-refractivity contribution in [1.82, 2.24) is 9.78 Å². The lowest BCUT2D eigenvalue weighted by Gasteiger charge is -2.11. The molecule has 0 spiro atoms. The number of aromatic nitrogens is 2. The van der Waals surface area contributed by atoms with Gasteiger partial charge in [-0.15, -0.1) is 0 Å². The number of aryl methyl sites for hydroxylation is 1. The molecular formula is C27H25ClN4O5. The molecule has 0 unspecified atom stereocenters. The van der Waals surface area contributed by atoms with E-state index >= 15 is 0 Å². The van der Waals surface area contributed by atoms with E-state index in [1.54, 1.807) is 24.4 Å². The van der Waals surface area contributed by atoms with Crippen molar-refractivity contribution in [3.8, 4) is 17.2 Å². The number of hydrogen-bond donors (Lipinski definition) is 1. The summed E-state index contributed by atoms with van der Waals surface area (Å²) in [4.78, 5) is 23.7. The highest BCUT2D eigenvalue weighted by Crippen LogP contribution is 2.32. The maximum Gasteiger partial charge on any atom is 0.276 e. The molecule has 1 aromatic heterocycles. The van der Waals surface area contributed by atoms with Gasteiger partial charge in [0, 0.05) is 23.4 Å². The summed E-state index contributed by atoms with van der Waals surface area (Å²) in [6, 6.07) is 18.4. The van der Waals surface area contributed by atoms with Crippen molar-refractivity contribution in [1.29, 1.82) is 0 Å². The van der Waals surface area contributed by atoms with Crippen LogP contribution in [-0.2, 0) is 6.73 Å². The molecule has 1 amide bonds. The van der Waals surface area contributed by atoms with Crippen LogP contribution >= 0.6 is 11.6 Å². The molecule has 0 fully saturated rings. The third-order valence-corrected chi connectivity index (χ3v) is 5.74. The fourth-order valence-electron chi connectivity index (χ4n) is 3.51. The fraction of sp³-hybridized carbons (Fsp3) is 0.185. The molecule has 0 saturated carbocycles. The Hall–Kier alpha value is -4.37. The lowest BCUT2D eigenvalue weighted by molar-refractivity contribution is -0.384. The molecule has 0 atom stereocenters. The molecular weight excluding hydrogens is 496 g/mol. The second kappa shape index (κ2) is 11.1. The van der Waals surface area contributed by atoms with Crippen LogP contribution in [0.3, 0.4) is 0 Å². The van der Waals surface area contributed by atoms with Gasteiger partial charge in [-0.1, -0.05) is 37.6 Å². The third-order valence-electron chi connectivity index (χ3n) is 5.51. The van der Waals surface area contributed by atoms with E-state index in [9.17, 15) is 14.9 Å². The van der Waals surface area contributed by atoms with E-state index in [0.29, 0.717) is 22.4 Å². The molecule has 0 aliphatic heterocycles. The number of anilines is 1. The van der Waals surface area contributed by atoms with E-state index in [4.69, 9.17) is 21.1 Å². The van der Waals surface area contributed by atoms with Crippen LogP contribution in [0.5, 0.6) is 17.2 Å². The Balaban J connectivity index is 1.44. The molecule has 0 saturated heterocycles.